The summed E-state index contributed by atoms with van der Waals surface area (Å²) in [6.45, 7) is -0.197. The molecule has 502 valence electrons. The Morgan fingerprint density at radius 3 is 1.02 bits per heavy atom. The van der Waals surface area contributed by atoms with Crippen LogP contribution in [0.4, 0.5) is 17.1 Å². The Labute approximate surface area is 625 Å². The fraction of sp³-hybridized carbons (Fsp3) is 0. The van der Waals surface area contributed by atoms with Gasteiger partial charge in [0.1, 0.15) is 11.5 Å². The number of ether oxygens (including phenoxy) is 1. The SMILES string of the molecule is c1ccc(-c2ccc(N3c4cc(-c5ccc6c(c5)c5ccccc5n6-c5c(-c6ccccc6)cccc5-c5ccccc5)ccc4B4c5ccc(-c6ccc7c(c6)c6ccccc6n7-c6c(-c7ccccc7)cccc6-c6ccccc6)cc5Oc5cc(-n6c7ccccc7c7ccccc76)cc3c54)cc2)cc1. The van der Waals surface area contributed by atoms with Crippen molar-refractivity contribution >= 4 is 106 Å². The fourth-order valence-electron chi connectivity index (χ4n) is 17.9. The van der Waals surface area contributed by atoms with Crippen molar-refractivity contribution in [3.63, 3.8) is 0 Å². The Morgan fingerprint density at radius 1 is 0.204 bits per heavy atom. The molecule has 3 aromatic heterocycles. The predicted octanol–water partition coefficient (Wildman–Crippen LogP) is 25.1. The maximum atomic E-state index is 7.68. The molecule has 5 nitrogen and oxygen atoms in total. The molecular weight excluding hydrogens is 1310 g/mol. The molecular formula is C102H65BN4O. The van der Waals surface area contributed by atoms with Crippen molar-refractivity contribution in [3.05, 3.63) is 394 Å². The van der Waals surface area contributed by atoms with E-state index in [0.717, 1.165) is 117 Å². The lowest BCUT2D eigenvalue weighted by molar-refractivity contribution is 0.487. The van der Waals surface area contributed by atoms with Gasteiger partial charge in [-0.05, 0) is 151 Å². The van der Waals surface area contributed by atoms with Crippen LogP contribution in [0.15, 0.2) is 394 Å². The van der Waals surface area contributed by atoms with Gasteiger partial charge in [-0.1, -0.05) is 309 Å². The average Bonchev–Trinajstić information content (AvgIpc) is 0.833. The Kier molecular flexibility index (Phi) is 14.0. The highest BCUT2D eigenvalue weighted by atomic mass is 16.5. The number of benzene rings is 17. The third-order valence-electron chi connectivity index (χ3n) is 22.7. The molecule has 0 bridgehead atoms. The van der Waals surface area contributed by atoms with Gasteiger partial charge in [-0.15, -0.1) is 0 Å². The van der Waals surface area contributed by atoms with Gasteiger partial charge in [0.05, 0.1) is 50.2 Å². The van der Waals surface area contributed by atoms with Gasteiger partial charge in [0, 0.05) is 77.7 Å². The summed E-state index contributed by atoms with van der Waals surface area (Å²) >= 11 is 0. The summed E-state index contributed by atoms with van der Waals surface area (Å²) in [5.41, 5.74) is 33.0. The van der Waals surface area contributed by atoms with E-state index in [9.17, 15) is 0 Å². The predicted molar refractivity (Wildman–Crippen MR) is 453 cm³/mol. The van der Waals surface area contributed by atoms with Gasteiger partial charge in [-0.25, -0.2) is 0 Å². The molecule has 17 aromatic carbocycles. The molecule has 2 aliphatic rings. The summed E-state index contributed by atoms with van der Waals surface area (Å²) in [5, 5.41) is 7.15. The molecule has 0 aliphatic carbocycles. The fourth-order valence-corrected chi connectivity index (χ4v) is 17.9. The van der Waals surface area contributed by atoms with Gasteiger partial charge in [-0.2, -0.15) is 0 Å². The van der Waals surface area contributed by atoms with Crippen LogP contribution >= 0.6 is 0 Å². The molecule has 0 saturated carbocycles. The van der Waals surface area contributed by atoms with Crippen molar-refractivity contribution in [3.8, 4) is 106 Å². The number of aromatic nitrogens is 3. The van der Waals surface area contributed by atoms with Crippen LogP contribution in [0.2, 0.25) is 0 Å². The lowest BCUT2D eigenvalue weighted by Gasteiger charge is -2.40. The van der Waals surface area contributed by atoms with Crippen molar-refractivity contribution in [2.75, 3.05) is 4.90 Å². The van der Waals surface area contributed by atoms with E-state index in [-0.39, 0.29) is 6.71 Å². The molecule has 0 N–H and O–H groups in total. The van der Waals surface area contributed by atoms with Crippen LogP contribution < -0.4 is 26.0 Å². The molecule has 0 amide bonds. The minimum absolute atomic E-state index is 0.197. The summed E-state index contributed by atoms with van der Waals surface area (Å²) in [6, 6.07) is 145. The number of anilines is 3. The molecule has 0 radical (unpaired) electrons. The summed E-state index contributed by atoms with van der Waals surface area (Å²) in [6.07, 6.45) is 0. The zero-order chi connectivity index (χ0) is 70.9. The quantitative estimate of drug-likeness (QED) is 0.121. The van der Waals surface area contributed by atoms with Crippen LogP contribution in [0.1, 0.15) is 0 Å². The van der Waals surface area contributed by atoms with Crippen LogP contribution in [0, 0.1) is 0 Å². The lowest BCUT2D eigenvalue weighted by atomic mass is 9.34. The second kappa shape index (κ2) is 24.7. The Balaban J connectivity index is 0.747. The van der Waals surface area contributed by atoms with Gasteiger partial charge in [0.15, 0.2) is 0 Å². The number of hydrogen-bond donors (Lipinski definition) is 0. The van der Waals surface area contributed by atoms with Gasteiger partial charge < -0.3 is 23.3 Å². The van der Waals surface area contributed by atoms with Crippen LogP contribution in [-0.2, 0) is 0 Å². The van der Waals surface area contributed by atoms with E-state index >= 15 is 0 Å². The van der Waals surface area contributed by atoms with Crippen LogP contribution in [0.3, 0.4) is 0 Å². The van der Waals surface area contributed by atoms with E-state index in [1.165, 1.54) is 87.9 Å². The van der Waals surface area contributed by atoms with Crippen molar-refractivity contribution in [1.29, 1.82) is 0 Å². The highest BCUT2D eigenvalue weighted by Gasteiger charge is 2.43. The van der Waals surface area contributed by atoms with Crippen molar-refractivity contribution in [2.45, 2.75) is 0 Å². The van der Waals surface area contributed by atoms with E-state index in [4.69, 9.17) is 4.74 Å². The molecule has 108 heavy (non-hydrogen) atoms. The van der Waals surface area contributed by atoms with E-state index < -0.39 is 0 Å². The van der Waals surface area contributed by atoms with E-state index in [2.05, 4.69) is 413 Å². The lowest BCUT2D eigenvalue weighted by Crippen LogP contribution is -2.59. The Morgan fingerprint density at radius 2 is 0.556 bits per heavy atom. The topological polar surface area (TPSA) is 27.3 Å². The van der Waals surface area contributed by atoms with E-state index in [1.54, 1.807) is 0 Å². The second-order valence-electron chi connectivity index (χ2n) is 28.6. The van der Waals surface area contributed by atoms with Gasteiger partial charge >= 0.3 is 0 Å². The first-order valence-electron chi connectivity index (χ1n) is 37.2. The highest BCUT2D eigenvalue weighted by molar-refractivity contribution is 6.99. The molecule has 22 rings (SSSR count). The summed E-state index contributed by atoms with van der Waals surface area (Å²) < 4.78 is 15.1. The van der Waals surface area contributed by atoms with Crippen molar-refractivity contribution in [1.82, 2.24) is 13.7 Å². The maximum absolute atomic E-state index is 7.68. The number of hydrogen-bond acceptors (Lipinski definition) is 2. The number of fused-ring (bicyclic) bond motifs is 13. The van der Waals surface area contributed by atoms with Crippen molar-refractivity contribution < 1.29 is 4.74 Å². The minimum Gasteiger partial charge on any atom is -0.458 e. The zero-order valence-electron chi connectivity index (χ0n) is 58.8. The molecule has 5 heterocycles. The summed E-state index contributed by atoms with van der Waals surface area (Å²) in [7, 11) is 0. The van der Waals surface area contributed by atoms with Gasteiger partial charge in [0.25, 0.3) is 6.71 Å². The maximum Gasteiger partial charge on any atom is 0.256 e. The van der Waals surface area contributed by atoms with Gasteiger partial charge in [-0.3, -0.25) is 0 Å². The van der Waals surface area contributed by atoms with Gasteiger partial charge in [0.2, 0.25) is 0 Å². The molecule has 0 atom stereocenters. The molecule has 2 aliphatic heterocycles. The van der Waals surface area contributed by atoms with Crippen molar-refractivity contribution in [2.24, 2.45) is 0 Å². The molecule has 6 heteroatoms. The van der Waals surface area contributed by atoms with Crippen LogP contribution in [0.5, 0.6) is 11.5 Å². The van der Waals surface area contributed by atoms with E-state index in [1.807, 2.05) is 0 Å². The second-order valence-corrected chi connectivity index (χ2v) is 28.6. The summed E-state index contributed by atoms with van der Waals surface area (Å²) in [4.78, 5) is 2.52. The monoisotopic (exact) mass is 1370 g/mol. The Bertz CT molecular complexity index is 6830. The van der Waals surface area contributed by atoms with E-state index in [0.29, 0.717) is 0 Å². The molecule has 20 aromatic rings. The summed E-state index contributed by atoms with van der Waals surface area (Å²) in [5.74, 6) is 1.67. The first-order valence-corrected chi connectivity index (χ1v) is 37.2. The third-order valence-corrected chi connectivity index (χ3v) is 22.7. The standard InChI is InChI=1S/C102H65BN4O/c1-6-26-66(27-7-1)67-48-54-76(55-49-67)104-96-62-74(72-52-58-94-86(60-72)84-38-18-22-46-92(84)106(94)101-78(68-28-8-2-9-29-68)40-24-41-79(101)69-30-10-3-11-31-69)50-56-88(96)103-89-57-51-75(63-98(89)108-99-65-77(64-97(104)100(99)103)105-90-44-20-16-36-82(90)83-37-17-21-45-91(83)105)73-53-59-95-87(61-73)85-39-19-23-47-93(85)107(95)102-80(70-32-12-4-13-33-70)42-25-43-81(102)71-34-14-5-15-35-71/h1-65H. The largest absolute Gasteiger partial charge is 0.458 e. The number of para-hydroxylation sites is 6. The minimum atomic E-state index is -0.197. The molecule has 0 spiro atoms. The zero-order valence-corrected chi connectivity index (χ0v) is 58.8. The average molecular weight is 1370 g/mol. The number of nitrogens with zero attached hydrogens (tertiary/aromatic N) is 4. The van der Waals surface area contributed by atoms with Crippen LogP contribution in [0.25, 0.3) is 160 Å². The first kappa shape index (κ1) is 61.3. The molecule has 0 fully saturated rings. The Hall–Kier alpha value is -14.2. The third kappa shape index (κ3) is 9.67. The first-order chi connectivity index (χ1) is 53.6. The normalized spacial score (nSPS) is 12.3. The molecule has 0 unspecified atom stereocenters. The molecule has 0 saturated heterocycles. The van der Waals surface area contributed by atoms with Crippen LogP contribution in [-0.4, -0.2) is 20.4 Å². The highest BCUT2D eigenvalue weighted by Crippen LogP contribution is 2.49. The number of rotatable bonds is 11. The smallest absolute Gasteiger partial charge is 0.256 e.